The first-order valence-electron chi connectivity index (χ1n) is 7.15. The van der Waals surface area contributed by atoms with Crippen molar-refractivity contribution in [3.8, 4) is 0 Å². The van der Waals surface area contributed by atoms with Crippen LogP contribution >= 0.6 is 0 Å². The number of aromatic nitrogens is 1. The Labute approximate surface area is 124 Å². The molecule has 1 aliphatic rings. The van der Waals surface area contributed by atoms with Gasteiger partial charge in [0.05, 0.1) is 0 Å². The number of aryl methyl sites for hydroxylation is 1. The number of rotatable bonds is 3. The quantitative estimate of drug-likeness (QED) is 0.940. The number of anilines is 1. The van der Waals surface area contributed by atoms with E-state index in [9.17, 15) is 9.90 Å². The van der Waals surface area contributed by atoms with E-state index in [-0.39, 0.29) is 0 Å². The van der Waals surface area contributed by atoms with Gasteiger partial charge in [-0.3, -0.25) is 0 Å². The maximum absolute atomic E-state index is 11.5. The van der Waals surface area contributed by atoms with Crippen molar-refractivity contribution < 1.29 is 9.90 Å². The molecule has 0 aliphatic carbocycles. The molecular formula is C17H18N2O2. The zero-order chi connectivity index (χ0) is 14.8. The van der Waals surface area contributed by atoms with Crippen molar-refractivity contribution in [2.24, 2.45) is 0 Å². The van der Waals surface area contributed by atoms with Crippen LogP contribution in [0.2, 0.25) is 0 Å². The van der Waals surface area contributed by atoms with Gasteiger partial charge in [0.15, 0.2) is 0 Å². The first kappa shape index (κ1) is 13.6. The molecule has 4 heteroatoms. The number of carboxylic acid groups (broad SMARTS) is 1. The Morgan fingerprint density at radius 1 is 1.29 bits per heavy atom. The summed E-state index contributed by atoms with van der Waals surface area (Å²) in [7, 11) is 0. The molecule has 3 rings (SSSR count). The van der Waals surface area contributed by atoms with E-state index >= 15 is 0 Å². The van der Waals surface area contributed by atoms with Gasteiger partial charge < -0.3 is 10.0 Å². The molecule has 1 aromatic heterocycles. The second-order valence-electron chi connectivity index (χ2n) is 5.47. The summed E-state index contributed by atoms with van der Waals surface area (Å²) in [5, 5.41) is 9.42. The van der Waals surface area contributed by atoms with Crippen LogP contribution in [-0.4, -0.2) is 29.1 Å². The fourth-order valence-corrected chi connectivity index (χ4v) is 3.00. The Hall–Kier alpha value is -2.36. The second-order valence-corrected chi connectivity index (χ2v) is 5.47. The van der Waals surface area contributed by atoms with E-state index in [0.717, 1.165) is 25.1 Å². The number of hydrogen-bond acceptors (Lipinski definition) is 3. The average molecular weight is 282 g/mol. The molecule has 2 aromatic rings. The van der Waals surface area contributed by atoms with Gasteiger partial charge in [-0.25, -0.2) is 9.78 Å². The molecule has 2 heterocycles. The van der Waals surface area contributed by atoms with Crippen LogP contribution in [0.1, 0.15) is 33.8 Å². The van der Waals surface area contributed by atoms with E-state index < -0.39 is 5.97 Å². The topological polar surface area (TPSA) is 53.4 Å². The molecule has 0 amide bonds. The molecule has 0 radical (unpaired) electrons. The first-order valence-corrected chi connectivity index (χ1v) is 7.15. The Morgan fingerprint density at radius 3 is 2.76 bits per heavy atom. The van der Waals surface area contributed by atoms with Crippen LogP contribution in [0.25, 0.3) is 0 Å². The molecule has 21 heavy (non-hydrogen) atoms. The molecule has 4 nitrogen and oxygen atoms in total. The highest BCUT2D eigenvalue weighted by molar-refractivity contribution is 5.95. The van der Waals surface area contributed by atoms with Crippen LogP contribution in [0.15, 0.2) is 42.6 Å². The molecule has 1 saturated heterocycles. The van der Waals surface area contributed by atoms with Crippen molar-refractivity contribution in [1.29, 1.82) is 0 Å². The molecule has 1 aromatic carbocycles. The van der Waals surface area contributed by atoms with E-state index in [1.54, 1.807) is 12.3 Å². The lowest BCUT2D eigenvalue weighted by Crippen LogP contribution is -2.23. The van der Waals surface area contributed by atoms with E-state index in [4.69, 9.17) is 0 Å². The van der Waals surface area contributed by atoms with Gasteiger partial charge >= 0.3 is 5.97 Å². The van der Waals surface area contributed by atoms with Gasteiger partial charge in [0.1, 0.15) is 11.4 Å². The summed E-state index contributed by atoms with van der Waals surface area (Å²) >= 11 is 0. The second kappa shape index (κ2) is 5.56. The Morgan fingerprint density at radius 2 is 2.05 bits per heavy atom. The number of hydrogen-bond donors (Lipinski definition) is 1. The third-order valence-electron chi connectivity index (χ3n) is 4.11. The monoisotopic (exact) mass is 282 g/mol. The molecule has 0 bridgehead atoms. The van der Waals surface area contributed by atoms with Crippen LogP contribution in [-0.2, 0) is 0 Å². The molecule has 0 saturated carbocycles. The highest BCUT2D eigenvalue weighted by Crippen LogP contribution is 2.32. The lowest BCUT2D eigenvalue weighted by molar-refractivity contribution is 0.0696. The van der Waals surface area contributed by atoms with Gasteiger partial charge in [0.25, 0.3) is 0 Å². The Balaban J connectivity index is 1.87. The summed E-state index contributed by atoms with van der Waals surface area (Å²) in [6.07, 6.45) is 2.71. The highest BCUT2D eigenvalue weighted by Gasteiger charge is 2.28. The zero-order valence-electron chi connectivity index (χ0n) is 12.0. The fourth-order valence-electron chi connectivity index (χ4n) is 3.00. The highest BCUT2D eigenvalue weighted by atomic mass is 16.4. The Bertz CT molecular complexity index is 655. The number of carbonyl (C=O) groups is 1. The zero-order valence-corrected chi connectivity index (χ0v) is 12.0. The van der Waals surface area contributed by atoms with Gasteiger partial charge in [-0.15, -0.1) is 0 Å². The predicted molar refractivity (Wildman–Crippen MR) is 81.9 cm³/mol. The van der Waals surface area contributed by atoms with Crippen molar-refractivity contribution in [1.82, 2.24) is 4.98 Å². The van der Waals surface area contributed by atoms with Crippen molar-refractivity contribution in [3.05, 3.63) is 59.3 Å². The average Bonchev–Trinajstić information content (AvgIpc) is 2.97. The summed E-state index contributed by atoms with van der Waals surface area (Å²) in [5.74, 6) is 0.134. The van der Waals surface area contributed by atoms with Crippen LogP contribution < -0.4 is 4.90 Å². The SMILES string of the molecule is Cc1ccnc(N2CCC(c3ccccc3)C2)c1C(=O)O. The fraction of sp³-hybridized carbons (Fsp3) is 0.294. The minimum Gasteiger partial charge on any atom is -0.478 e. The normalized spacial score (nSPS) is 18.0. The Kier molecular flexibility index (Phi) is 3.60. The number of aromatic carboxylic acids is 1. The molecule has 0 spiro atoms. The molecule has 1 unspecified atom stereocenters. The summed E-state index contributed by atoms with van der Waals surface area (Å²) in [6.45, 7) is 3.48. The van der Waals surface area contributed by atoms with Gasteiger partial charge in [0, 0.05) is 25.2 Å². The summed E-state index contributed by atoms with van der Waals surface area (Å²) < 4.78 is 0. The standard InChI is InChI=1S/C17H18N2O2/c1-12-7-9-18-16(15(12)17(20)21)19-10-8-14(11-19)13-5-3-2-4-6-13/h2-7,9,14H,8,10-11H2,1H3,(H,20,21). The van der Waals surface area contributed by atoms with E-state index in [0.29, 0.717) is 17.3 Å². The van der Waals surface area contributed by atoms with Crippen LogP contribution in [0, 0.1) is 6.92 Å². The van der Waals surface area contributed by atoms with Crippen LogP contribution in [0.4, 0.5) is 5.82 Å². The van der Waals surface area contributed by atoms with Crippen LogP contribution in [0.3, 0.4) is 0 Å². The maximum atomic E-state index is 11.5. The molecule has 1 aliphatic heterocycles. The van der Waals surface area contributed by atoms with Crippen molar-refractivity contribution in [2.45, 2.75) is 19.3 Å². The summed E-state index contributed by atoms with van der Waals surface area (Å²) in [4.78, 5) is 17.9. The molecular weight excluding hydrogens is 264 g/mol. The van der Waals surface area contributed by atoms with E-state index in [1.165, 1.54) is 5.56 Å². The third-order valence-corrected chi connectivity index (χ3v) is 4.11. The number of carboxylic acids is 1. The first-order chi connectivity index (χ1) is 10.2. The van der Waals surface area contributed by atoms with E-state index in [2.05, 4.69) is 22.0 Å². The van der Waals surface area contributed by atoms with E-state index in [1.807, 2.05) is 25.1 Å². The van der Waals surface area contributed by atoms with Crippen LogP contribution in [0.5, 0.6) is 0 Å². The van der Waals surface area contributed by atoms with Gasteiger partial charge in [-0.05, 0) is 30.5 Å². The third kappa shape index (κ3) is 2.61. The van der Waals surface area contributed by atoms with Gasteiger partial charge in [-0.2, -0.15) is 0 Å². The van der Waals surface area contributed by atoms with Crippen molar-refractivity contribution in [2.75, 3.05) is 18.0 Å². The van der Waals surface area contributed by atoms with Gasteiger partial charge in [-0.1, -0.05) is 30.3 Å². The van der Waals surface area contributed by atoms with Crippen molar-refractivity contribution >= 4 is 11.8 Å². The molecule has 1 fully saturated rings. The minimum absolute atomic E-state index is 0.325. The molecule has 108 valence electrons. The number of benzene rings is 1. The van der Waals surface area contributed by atoms with Gasteiger partial charge in [0.2, 0.25) is 0 Å². The lowest BCUT2D eigenvalue weighted by atomic mass is 9.99. The minimum atomic E-state index is -0.904. The summed E-state index contributed by atoms with van der Waals surface area (Å²) in [6, 6.07) is 12.1. The summed E-state index contributed by atoms with van der Waals surface area (Å²) in [5.41, 5.74) is 2.39. The predicted octanol–water partition coefficient (Wildman–Crippen LogP) is 3.08. The number of pyridine rings is 1. The molecule has 1 atom stereocenters. The molecule has 1 N–H and O–H groups in total. The van der Waals surface area contributed by atoms with Crippen molar-refractivity contribution in [3.63, 3.8) is 0 Å². The maximum Gasteiger partial charge on any atom is 0.339 e. The number of nitrogens with zero attached hydrogens (tertiary/aromatic N) is 2. The lowest BCUT2D eigenvalue weighted by Gasteiger charge is -2.20. The largest absolute Gasteiger partial charge is 0.478 e. The smallest absolute Gasteiger partial charge is 0.339 e.